The molecule has 0 fully saturated rings. The second-order valence-corrected chi connectivity index (χ2v) is 4.42. The first-order valence-corrected chi connectivity index (χ1v) is 5.75. The van der Waals surface area contributed by atoms with Crippen LogP contribution in [0.15, 0.2) is 59.4 Å². The van der Waals surface area contributed by atoms with Crippen LogP contribution < -0.4 is 5.43 Å². The molecule has 0 spiro atoms. The Hall–Kier alpha value is -1.86. The smallest absolute Gasteiger partial charge is 0.194 e. The van der Waals surface area contributed by atoms with Crippen molar-refractivity contribution in [3.63, 3.8) is 0 Å². The third-order valence-electron chi connectivity index (χ3n) is 2.91. The van der Waals surface area contributed by atoms with Gasteiger partial charge in [0, 0.05) is 15.8 Å². The van der Waals surface area contributed by atoms with Crippen molar-refractivity contribution >= 4 is 33.1 Å². The van der Waals surface area contributed by atoms with Crippen molar-refractivity contribution in [1.82, 2.24) is 0 Å². The fraction of sp³-hybridized carbons (Fsp3) is 0. The van der Waals surface area contributed by atoms with Crippen LogP contribution in [0.1, 0.15) is 0 Å². The number of halogens is 1. The Morgan fingerprint density at radius 1 is 0.765 bits per heavy atom. The SMILES string of the molecule is O=c1c2ccccc2ccc2ccc(Cl)cc12. The average molecular weight is 241 g/mol. The standard InChI is InChI=1S/C15H9ClO/c16-12-8-7-11-6-5-10-3-1-2-4-13(10)15(17)14(11)9-12/h1-9H. The summed E-state index contributed by atoms with van der Waals surface area (Å²) in [6, 6.07) is 16.9. The molecule has 0 saturated carbocycles. The summed E-state index contributed by atoms with van der Waals surface area (Å²) >= 11 is 5.95. The average Bonchev–Trinajstić information content (AvgIpc) is 2.49. The van der Waals surface area contributed by atoms with Crippen molar-refractivity contribution in [2.45, 2.75) is 0 Å². The van der Waals surface area contributed by atoms with E-state index in [0.29, 0.717) is 10.4 Å². The molecule has 0 amide bonds. The van der Waals surface area contributed by atoms with Crippen LogP contribution in [0.25, 0.3) is 21.5 Å². The highest BCUT2D eigenvalue weighted by molar-refractivity contribution is 6.31. The van der Waals surface area contributed by atoms with Crippen LogP contribution in [-0.2, 0) is 0 Å². The predicted octanol–water partition coefficient (Wildman–Crippen LogP) is 4.01. The van der Waals surface area contributed by atoms with Gasteiger partial charge in [0.1, 0.15) is 0 Å². The molecule has 0 aliphatic heterocycles. The van der Waals surface area contributed by atoms with Crippen LogP contribution in [0.5, 0.6) is 0 Å². The van der Waals surface area contributed by atoms with Crippen molar-refractivity contribution < 1.29 is 0 Å². The normalized spacial score (nSPS) is 10.9. The van der Waals surface area contributed by atoms with Gasteiger partial charge in [0.15, 0.2) is 5.43 Å². The van der Waals surface area contributed by atoms with Crippen LogP contribution >= 0.6 is 11.6 Å². The van der Waals surface area contributed by atoms with Gasteiger partial charge in [-0.15, -0.1) is 0 Å². The van der Waals surface area contributed by atoms with Crippen LogP contribution in [0, 0.1) is 0 Å². The lowest BCUT2D eigenvalue weighted by atomic mass is 10.1. The Morgan fingerprint density at radius 3 is 2.24 bits per heavy atom. The second kappa shape index (κ2) is 3.86. The zero-order valence-corrected chi connectivity index (χ0v) is 9.74. The van der Waals surface area contributed by atoms with Gasteiger partial charge in [-0.3, -0.25) is 4.79 Å². The van der Waals surface area contributed by atoms with E-state index in [0.717, 1.165) is 16.2 Å². The molecule has 0 aromatic heterocycles. The number of hydrogen-bond donors (Lipinski definition) is 0. The first kappa shape index (κ1) is 10.3. The maximum atomic E-state index is 12.4. The summed E-state index contributed by atoms with van der Waals surface area (Å²) < 4.78 is 0. The molecule has 0 heterocycles. The third-order valence-corrected chi connectivity index (χ3v) is 3.14. The fourth-order valence-corrected chi connectivity index (χ4v) is 2.22. The lowest BCUT2D eigenvalue weighted by molar-refractivity contribution is 1.74. The molecule has 0 N–H and O–H groups in total. The van der Waals surface area contributed by atoms with E-state index in [-0.39, 0.29) is 5.43 Å². The Morgan fingerprint density at radius 2 is 1.41 bits per heavy atom. The molecular weight excluding hydrogens is 232 g/mol. The van der Waals surface area contributed by atoms with Gasteiger partial charge in [-0.05, 0) is 22.9 Å². The zero-order valence-electron chi connectivity index (χ0n) is 8.98. The van der Waals surface area contributed by atoms with Crippen molar-refractivity contribution in [1.29, 1.82) is 0 Å². The molecular formula is C15H9ClO. The molecule has 17 heavy (non-hydrogen) atoms. The van der Waals surface area contributed by atoms with E-state index in [1.165, 1.54) is 0 Å². The highest BCUT2D eigenvalue weighted by Gasteiger charge is 2.02. The summed E-state index contributed by atoms with van der Waals surface area (Å²) in [4.78, 5) is 12.4. The van der Waals surface area contributed by atoms with Gasteiger partial charge in [-0.2, -0.15) is 0 Å². The van der Waals surface area contributed by atoms with Crippen LogP contribution in [-0.4, -0.2) is 0 Å². The van der Waals surface area contributed by atoms with Gasteiger partial charge in [-0.1, -0.05) is 54.1 Å². The lowest BCUT2D eigenvalue weighted by Crippen LogP contribution is -1.97. The van der Waals surface area contributed by atoms with Gasteiger partial charge >= 0.3 is 0 Å². The van der Waals surface area contributed by atoms with Crippen LogP contribution in [0.4, 0.5) is 0 Å². The highest BCUT2D eigenvalue weighted by atomic mass is 35.5. The quantitative estimate of drug-likeness (QED) is 0.580. The van der Waals surface area contributed by atoms with E-state index in [1.54, 1.807) is 12.1 Å². The molecule has 0 aliphatic carbocycles. The molecule has 0 radical (unpaired) electrons. The molecule has 1 nitrogen and oxygen atoms in total. The Kier molecular flexibility index (Phi) is 2.34. The minimum atomic E-state index is 0.0306. The molecule has 3 rings (SSSR count). The van der Waals surface area contributed by atoms with Gasteiger partial charge in [-0.25, -0.2) is 0 Å². The summed E-state index contributed by atoms with van der Waals surface area (Å²) in [7, 11) is 0. The van der Waals surface area contributed by atoms with Crippen LogP contribution in [0.2, 0.25) is 5.02 Å². The van der Waals surface area contributed by atoms with E-state index in [9.17, 15) is 4.79 Å². The second-order valence-electron chi connectivity index (χ2n) is 3.98. The summed E-state index contributed by atoms with van der Waals surface area (Å²) in [6.45, 7) is 0. The molecule has 0 aliphatic rings. The summed E-state index contributed by atoms with van der Waals surface area (Å²) in [6.07, 6.45) is 0. The van der Waals surface area contributed by atoms with E-state index >= 15 is 0 Å². The highest BCUT2D eigenvalue weighted by Crippen LogP contribution is 2.18. The Bertz CT molecular complexity index is 778. The van der Waals surface area contributed by atoms with E-state index in [4.69, 9.17) is 11.6 Å². The lowest BCUT2D eigenvalue weighted by Gasteiger charge is -1.92. The van der Waals surface area contributed by atoms with Gasteiger partial charge in [0.25, 0.3) is 0 Å². The molecule has 3 aromatic carbocycles. The first-order chi connectivity index (χ1) is 8.25. The van der Waals surface area contributed by atoms with Crippen molar-refractivity contribution in [2.24, 2.45) is 0 Å². The van der Waals surface area contributed by atoms with Crippen molar-refractivity contribution in [2.75, 3.05) is 0 Å². The monoisotopic (exact) mass is 240 g/mol. The topological polar surface area (TPSA) is 17.1 Å². The van der Waals surface area contributed by atoms with Crippen molar-refractivity contribution in [3.05, 3.63) is 69.8 Å². The molecule has 2 heteroatoms. The largest absolute Gasteiger partial charge is 0.289 e. The van der Waals surface area contributed by atoms with Gasteiger partial charge in [0.2, 0.25) is 0 Å². The number of hydrogen-bond acceptors (Lipinski definition) is 1. The van der Waals surface area contributed by atoms with E-state index < -0.39 is 0 Å². The molecule has 0 bridgehead atoms. The fourth-order valence-electron chi connectivity index (χ4n) is 2.04. The Labute approximate surface area is 103 Å². The number of fused-ring (bicyclic) bond motifs is 2. The maximum absolute atomic E-state index is 12.4. The molecule has 0 atom stereocenters. The van der Waals surface area contributed by atoms with Gasteiger partial charge < -0.3 is 0 Å². The van der Waals surface area contributed by atoms with Crippen LogP contribution in [0.3, 0.4) is 0 Å². The molecule has 0 saturated heterocycles. The van der Waals surface area contributed by atoms with E-state index in [2.05, 4.69) is 0 Å². The zero-order chi connectivity index (χ0) is 11.8. The number of benzene rings is 2. The number of rotatable bonds is 0. The molecule has 82 valence electrons. The third kappa shape index (κ3) is 1.69. The summed E-state index contributed by atoms with van der Waals surface area (Å²) in [5.74, 6) is 0. The molecule has 0 unspecified atom stereocenters. The summed E-state index contributed by atoms with van der Waals surface area (Å²) in [5, 5.41) is 3.84. The van der Waals surface area contributed by atoms with E-state index in [1.807, 2.05) is 42.5 Å². The maximum Gasteiger partial charge on any atom is 0.194 e. The minimum Gasteiger partial charge on any atom is -0.289 e. The minimum absolute atomic E-state index is 0.0306. The van der Waals surface area contributed by atoms with Crippen molar-refractivity contribution in [3.8, 4) is 0 Å². The predicted molar refractivity (Wildman–Crippen MR) is 72.7 cm³/mol. The Balaban J connectivity index is 2.65. The van der Waals surface area contributed by atoms with Gasteiger partial charge in [0.05, 0.1) is 0 Å². The first-order valence-electron chi connectivity index (χ1n) is 5.37. The summed E-state index contributed by atoms with van der Waals surface area (Å²) in [5.41, 5.74) is 0.0306. The molecule has 3 aromatic rings.